The molecule has 3 rings (SSSR count). The zero-order valence-corrected chi connectivity index (χ0v) is 17.5. The summed E-state index contributed by atoms with van der Waals surface area (Å²) in [7, 11) is 0. The van der Waals surface area contributed by atoms with Crippen LogP contribution in [0.2, 0.25) is 0 Å². The van der Waals surface area contributed by atoms with Crippen LogP contribution in [-0.2, 0) is 20.9 Å². The number of nitrogens with one attached hydrogen (secondary N) is 2. The summed E-state index contributed by atoms with van der Waals surface area (Å²) in [5, 5.41) is 5.63. The number of ether oxygens (including phenoxy) is 1. The van der Waals surface area contributed by atoms with Gasteiger partial charge in [-0.1, -0.05) is 0 Å². The first kappa shape index (κ1) is 21.2. The van der Waals surface area contributed by atoms with Crippen molar-refractivity contribution in [3.8, 4) is 0 Å². The maximum Gasteiger partial charge on any atom is 0.348 e. The quantitative estimate of drug-likeness (QED) is 0.582. The maximum absolute atomic E-state index is 12.8. The lowest BCUT2D eigenvalue weighted by molar-refractivity contribution is -0.117. The first-order valence-corrected chi connectivity index (χ1v) is 9.95. The zero-order valence-electron chi connectivity index (χ0n) is 16.6. The molecule has 2 aromatic heterocycles. The van der Waals surface area contributed by atoms with Gasteiger partial charge >= 0.3 is 5.97 Å². The Labute approximate surface area is 175 Å². The fourth-order valence-corrected chi connectivity index (χ4v) is 3.89. The van der Waals surface area contributed by atoms with Crippen molar-refractivity contribution in [2.75, 3.05) is 17.2 Å². The molecule has 0 fully saturated rings. The highest BCUT2D eigenvalue weighted by Crippen LogP contribution is 2.27. The molecule has 2 amide bonds. The standard InChI is InChI=1S/C20H20N4O5S/c1-4-29-20(28)17-11(2)16-18(30-17)21-10-24(19(16)27)9-15(26)23-14-7-5-13(6-8-14)22-12(3)25/h5-8,10H,4,9H2,1-3H3,(H,22,25)(H,23,26). The van der Waals surface area contributed by atoms with Crippen LogP contribution in [0.15, 0.2) is 35.4 Å². The second kappa shape index (κ2) is 8.87. The lowest BCUT2D eigenvalue weighted by Crippen LogP contribution is -2.27. The van der Waals surface area contributed by atoms with E-state index in [9.17, 15) is 19.2 Å². The van der Waals surface area contributed by atoms with Crippen LogP contribution in [-0.4, -0.2) is 33.9 Å². The topological polar surface area (TPSA) is 119 Å². The minimum Gasteiger partial charge on any atom is -0.462 e. The van der Waals surface area contributed by atoms with Gasteiger partial charge in [-0.25, -0.2) is 9.78 Å². The summed E-state index contributed by atoms with van der Waals surface area (Å²) in [6.45, 7) is 4.77. The van der Waals surface area contributed by atoms with Crippen LogP contribution in [0.1, 0.15) is 29.1 Å². The van der Waals surface area contributed by atoms with E-state index < -0.39 is 17.4 Å². The van der Waals surface area contributed by atoms with Crippen molar-refractivity contribution in [1.29, 1.82) is 0 Å². The average molecular weight is 428 g/mol. The van der Waals surface area contributed by atoms with Crippen molar-refractivity contribution < 1.29 is 19.1 Å². The van der Waals surface area contributed by atoms with Gasteiger partial charge < -0.3 is 15.4 Å². The molecule has 0 aliphatic rings. The number of rotatable bonds is 6. The highest BCUT2D eigenvalue weighted by atomic mass is 32.1. The maximum atomic E-state index is 12.8. The Balaban J connectivity index is 1.78. The fraction of sp³-hybridized carbons (Fsp3) is 0.250. The lowest BCUT2D eigenvalue weighted by atomic mass is 10.2. The predicted octanol–water partition coefficient (Wildman–Crippen LogP) is 2.54. The minimum absolute atomic E-state index is 0.191. The van der Waals surface area contributed by atoms with E-state index >= 15 is 0 Å². The molecule has 0 spiro atoms. The fourth-order valence-electron chi connectivity index (χ4n) is 2.86. The minimum atomic E-state index is -0.496. The van der Waals surface area contributed by atoms with Gasteiger partial charge in [-0.3, -0.25) is 19.0 Å². The number of benzene rings is 1. The Morgan fingerprint density at radius 2 is 1.77 bits per heavy atom. The van der Waals surface area contributed by atoms with Crippen LogP contribution in [0.5, 0.6) is 0 Å². The smallest absolute Gasteiger partial charge is 0.348 e. The molecule has 2 heterocycles. The van der Waals surface area contributed by atoms with E-state index in [4.69, 9.17) is 4.74 Å². The monoisotopic (exact) mass is 428 g/mol. The van der Waals surface area contributed by atoms with E-state index in [0.717, 1.165) is 11.3 Å². The van der Waals surface area contributed by atoms with E-state index in [1.165, 1.54) is 17.8 Å². The molecular formula is C20H20N4O5S. The molecule has 0 saturated carbocycles. The number of carbonyl (C=O) groups is 3. The summed E-state index contributed by atoms with van der Waals surface area (Å²) in [5.41, 5.74) is 1.22. The summed E-state index contributed by atoms with van der Waals surface area (Å²) < 4.78 is 6.21. The van der Waals surface area contributed by atoms with Gasteiger partial charge in [0, 0.05) is 18.3 Å². The summed E-state index contributed by atoms with van der Waals surface area (Å²) in [6.07, 6.45) is 1.29. The number of hydrogen-bond acceptors (Lipinski definition) is 7. The Kier molecular flexibility index (Phi) is 6.26. The van der Waals surface area contributed by atoms with Crippen molar-refractivity contribution in [3.63, 3.8) is 0 Å². The van der Waals surface area contributed by atoms with E-state index in [-0.39, 0.29) is 19.1 Å². The lowest BCUT2D eigenvalue weighted by Gasteiger charge is -2.08. The van der Waals surface area contributed by atoms with Crippen LogP contribution >= 0.6 is 11.3 Å². The van der Waals surface area contributed by atoms with Crippen molar-refractivity contribution in [2.45, 2.75) is 27.3 Å². The van der Waals surface area contributed by atoms with Crippen LogP contribution in [0, 0.1) is 6.92 Å². The highest BCUT2D eigenvalue weighted by Gasteiger charge is 2.20. The van der Waals surface area contributed by atoms with Gasteiger partial charge in [0.25, 0.3) is 5.56 Å². The second-order valence-corrected chi connectivity index (χ2v) is 7.44. The molecule has 0 aliphatic carbocycles. The van der Waals surface area contributed by atoms with Gasteiger partial charge in [0.1, 0.15) is 16.3 Å². The molecule has 9 nitrogen and oxygen atoms in total. The molecule has 0 radical (unpaired) electrons. The zero-order chi connectivity index (χ0) is 21.8. The number of anilines is 2. The van der Waals surface area contributed by atoms with Crippen LogP contribution < -0.4 is 16.2 Å². The molecule has 0 aliphatic heterocycles. The first-order chi connectivity index (χ1) is 14.3. The number of aryl methyl sites for hydroxylation is 1. The van der Waals surface area contributed by atoms with Gasteiger partial charge in [0.15, 0.2) is 0 Å². The average Bonchev–Trinajstić information content (AvgIpc) is 3.03. The summed E-state index contributed by atoms with van der Waals surface area (Å²) in [5.74, 6) is -1.10. The van der Waals surface area contributed by atoms with E-state index in [1.54, 1.807) is 38.1 Å². The molecule has 2 N–H and O–H groups in total. The number of esters is 1. The molecule has 3 aromatic rings. The Bertz CT molecular complexity index is 1180. The summed E-state index contributed by atoms with van der Waals surface area (Å²) >= 11 is 1.09. The van der Waals surface area contributed by atoms with E-state index in [0.29, 0.717) is 32.0 Å². The number of aromatic nitrogens is 2. The van der Waals surface area contributed by atoms with Crippen molar-refractivity contribution >= 4 is 50.7 Å². The third-order valence-corrected chi connectivity index (χ3v) is 5.36. The van der Waals surface area contributed by atoms with Crippen molar-refractivity contribution in [2.24, 2.45) is 0 Å². The Hall–Kier alpha value is -3.53. The number of thiophene rings is 1. The molecule has 30 heavy (non-hydrogen) atoms. The van der Waals surface area contributed by atoms with Gasteiger partial charge in [0.05, 0.1) is 18.3 Å². The normalized spacial score (nSPS) is 10.6. The third-order valence-electron chi connectivity index (χ3n) is 4.18. The Morgan fingerprint density at radius 3 is 2.37 bits per heavy atom. The van der Waals surface area contributed by atoms with Crippen molar-refractivity contribution in [3.05, 3.63) is 51.4 Å². The van der Waals surface area contributed by atoms with Crippen LogP contribution in [0.4, 0.5) is 11.4 Å². The summed E-state index contributed by atoms with van der Waals surface area (Å²) in [4.78, 5) is 53.3. The van der Waals surface area contributed by atoms with Gasteiger partial charge in [0.2, 0.25) is 11.8 Å². The molecule has 1 aromatic carbocycles. The summed E-state index contributed by atoms with van der Waals surface area (Å²) in [6, 6.07) is 6.59. The molecule has 0 atom stereocenters. The molecule has 0 saturated heterocycles. The molecule has 0 unspecified atom stereocenters. The van der Waals surface area contributed by atoms with Gasteiger partial charge in [-0.15, -0.1) is 11.3 Å². The number of carbonyl (C=O) groups excluding carboxylic acids is 3. The highest BCUT2D eigenvalue weighted by molar-refractivity contribution is 7.20. The molecule has 10 heteroatoms. The molecule has 156 valence electrons. The third kappa shape index (κ3) is 4.54. The molecular weight excluding hydrogens is 408 g/mol. The van der Waals surface area contributed by atoms with Crippen LogP contribution in [0.3, 0.4) is 0 Å². The van der Waals surface area contributed by atoms with Gasteiger partial charge in [-0.05, 0) is 43.7 Å². The number of nitrogens with zero attached hydrogens (tertiary/aromatic N) is 2. The van der Waals surface area contributed by atoms with E-state index in [2.05, 4.69) is 15.6 Å². The molecule has 0 bridgehead atoms. The number of amides is 2. The van der Waals surface area contributed by atoms with Crippen molar-refractivity contribution in [1.82, 2.24) is 9.55 Å². The number of fused-ring (bicyclic) bond motifs is 1. The predicted molar refractivity (Wildman–Crippen MR) is 114 cm³/mol. The SMILES string of the molecule is CCOC(=O)c1sc2ncn(CC(=O)Nc3ccc(NC(C)=O)cc3)c(=O)c2c1C. The largest absolute Gasteiger partial charge is 0.462 e. The van der Waals surface area contributed by atoms with Gasteiger partial charge in [-0.2, -0.15) is 0 Å². The van der Waals surface area contributed by atoms with Crippen LogP contribution in [0.25, 0.3) is 10.2 Å². The Morgan fingerprint density at radius 1 is 1.13 bits per heavy atom. The first-order valence-electron chi connectivity index (χ1n) is 9.13. The second-order valence-electron chi connectivity index (χ2n) is 6.44. The number of hydrogen-bond donors (Lipinski definition) is 2. The van der Waals surface area contributed by atoms with E-state index in [1.807, 2.05) is 0 Å².